The molecular formula is C18H15F4N3O3S. The molecule has 11 heteroatoms. The number of benzene rings is 2. The summed E-state index contributed by atoms with van der Waals surface area (Å²) in [5.74, 6) is -2.31. The molecule has 0 saturated heterocycles. The molecule has 29 heavy (non-hydrogen) atoms. The first-order chi connectivity index (χ1) is 13.6. The molecule has 0 aliphatic rings. The van der Waals surface area contributed by atoms with E-state index in [9.17, 15) is 26.0 Å². The molecular weight excluding hydrogens is 414 g/mol. The Labute approximate surface area is 163 Å². The van der Waals surface area contributed by atoms with Crippen molar-refractivity contribution in [3.63, 3.8) is 0 Å². The van der Waals surface area contributed by atoms with Gasteiger partial charge in [-0.25, -0.2) is 17.5 Å². The second kappa shape index (κ2) is 8.29. The first kappa shape index (κ1) is 20.9. The molecule has 0 aliphatic carbocycles. The first-order valence-corrected chi connectivity index (χ1v) is 9.95. The third kappa shape index (κ3) is 6.09. The molecule has 0 bridgehead atoms. The zero-order valence-corrected chi connectivity index (χ0v) is 15.6. The Kier molecular flexibility index (Phi) is 5.99. The standard InChI is InChI=1S/C18H15F4N3O3S/c19-15-3-1-2-14(8-15)10-23-29(26,27)11-13-6-4-12(5-7-13)9-16-24-17(28-25-16)18(20,21)22/h1-8,23H,9-11H2. The quantitative estimate of drug-likeness (QED) is 0.582. The van der Waals surface area contributed by atoms with E-state index in [2.05, 4.69) is 19.4 Å². The highest BCUT2D eigenvalue weighted by Gasteiger charge is 2.38. The van der Waals surface area contributed by atoms with Gasteiger partial charge in [0.1, 0.15) is 5.82 Å². The molecule has 0 saturated carbocycles. The predicted molar refractivity (Wildman–Crippen MR) is 94.4 cm³/mol. The number of hydrogen-bond acceptors (Lipinski definition) is 5. The van der Waals surface area contributed by atoms with Crippen molar-refractivity contribution in [2.75, 3.05) is 0 Å². The van der Waals surface area contributed by atoms with Crippen molar-refractivity contribution in [3.8, 4) is 0 Å². The minimum absolute atomic E-state index is 0.00440. The second-order valence-corrected chi connectivity index (χ2v) is 8.02. The lowest BCUT2D eigenvalue weighted by Gasteiger charge is -2.08. The van der Waals surface area contributed by atoms with E-state index >= 15 is 0 Å². The molecule has 0 aliphatic heterocycles. The van der Waals surface area contributed by atoms with Crippen LogP contribution in [-0.4, -0.2) is 18.6 Å². The van der Waals surface area contributed by atoms with E-state index in [1.807, 2.05) is 0 Å². The molecule has 0 atom stereocenters. The summed E-state index contributed by atoms with van der Waals surface area (Å²) in [6, 6.07) is 11.8. The van der Waals surface area contributed by atoms with Crippen molar-refractivity contribution in [1.82, 2.24) is 14.9 Å². The Balaban J connectivity index is 1.58. The Morgan fingerprint density at radius 3 is 2.31 bits per heavy atom. The lowest BCUT2D eigenvalue weighted by Crippen LogP contribution is -2.24. The number of sulfonamides is 1. The van der Waals surface area contributed by atoms with E-state index in [0.29, 0.717) is 16.7 Å². The van der Waals surface area contributed by atoms with E-state index in [0.717, 1.165) is 0 Å². The van der Waals surface area contributed by atoms with Gasteiger partial charge in [0.05, 0.1) is 5.75 Å². The minimum atomic E-state index is -4.71. The Hall–Kier alpha value is -2.79. The molecule has 1 aromatic heterocycles. The van der Waals surface area contributed by atoms with Gasteiger partial charge < -0.3 is 4.52 Å². The Morgan fingerprint density at radius 1 is 1.00 bits per heavy atom. The third-order valence-electron chi connectivity index (χ3n) is 3.84. The molecule has 0 fully saturated rings. The van der Waals surface area contributed by atoms with Crippen molar-refractivity contribution in [3.05, 3.63) is 82.8 Å². The summed E-state index contributed by atoms with van der Waals surface area (Å²) in [4.78, 5) is 3.28. The largest absolute Gasteiger partial charge is 0.471 e. The SMILES string of the molecule is O=S(=O)(Cc1ccc(Cc2noc(C(F)(F)F)n2)cc1)NCc1cccc(F)c1. The van der Waals surface area contributed by atoms with Gasteiger partial charge in [0.15, 0.2) is 5.82 Å². The zero-order valence-electron chi connectivity index (χ0n) is 14.8. The van der Waals surface area contributed by atoms with Crippen LogP contribution in [0.4, 0.5) is 17.6 Å². The molecule has 0 amide bonds. The smallest absolute Gasteiger partial charge is 0.329 e. The van der Waals surface area contributed by atoms with E-state index in [4.69, 9.17) is 0 Å². The van der Waals surface area contributed by atoms with E-state index in [1.54, 1.807) is 30.3 Å². The molecule has 6 nitrogen and oxygen atoms in total. The maximum Gasteiger partial charge on any atom is 0.471 e. The van der Waals surface area contributed by atoms with Crippen LogP contribution >= 0.6 is 0 Å². The fourth-order valence-electron chi connectivity index (χ4n) is 2.49. The Bertz CT molecular complexity index is 1080. The van der Waals surface area contributed by atoms with Gasteiger partial charge >= 0.3 is 12.1 Å². The van der Waals surface area contributed by atoms with Gasteiger partial charge in [-0.15, -0.1) is 0 Å². The van der Waals surface area contributed by atoms with Crippen LogP contribution < -0.4 is 4.72 Å². The number of halogens is 4. The molecule has 3 aromatic rings. The van der Waals surface area contributed by atoms with Gasteiger partial charge in [0.2, 0.25) is 10.0 Å². The number of alkyl halides is 3. The summed E-state index contributed by atoms with van der Waals surface area (Å²) < 4.78 is 81.5. The summed E-state index contributed by atoms with van der Waals surface area (Å²) in [6.07, 6.45) is -4.70. The molecule has 1 heterocycles. The third-order valence-corrected chi connectivity index (χ3v) is 5.14. The van der Waals surface area contributed by atoms with Crippen molar-refractivity contribution in [2.24, 2.45) is 0 Å². The molecule has 0 spiro atoms. The summed E-state index contributed by atoms with van der Waals surface area (Å²) in [7, 11) is -3.67. The average molecular weight is 429 g/mol. The fraction of sp³-hybridized carbons (Fsp3) is 0.222. The number of hydrogen-bond donors (Lipinski definition) is 1. The minimum Gasteiger partial charge on any atom is -0.329 e. The second-order valence-electron chi connectivity index (χ2n) is 6.22. The van der Waals surface area contributed by atoms with Crippen molar-refractivity contribution in [1.29, 1.82) is 0 Å². The zero-order chi connectivity index (χ0) is 21.1. The van der Waals surface area contributed by atoms with Crippen LogP contribution in [0.25, 0.3) is 0 Å². The topological polar surface area (TPSA) is 85.1 Å². The monoisotopic (exact) mass is 429 g/mol. The van der Waals surface area contributed by atoms with Crippen LogP contribution in [-0.2, 0) is 34.9 Å². The van der Waals surface area contributed by atoms with E-state index in [1.165, 1.54) is 18.2 Å². The molecule has 0 radical (unpaired) electrons. The summed E-state index contributed by atoms with van der Waals surface area (Å²) in [5.41, 5.74) is 1.56. The van der Waals surface area contributed by atoms with Gasteiger partial charge in [-0.2, -0.15) is 18.2 Å². The normalized spacial score (nSPS) is 12.3. The maximum atomic E-state index is 13.1. The number of rotatable bonds is 7. The van der Waals surface area contributed by atoms with Crippen molar-refractivity contribution in [2.45, 2.75) is 24.9 Å². The average Bonchev–Trinajstić information content (AvgIpc) is 3.11. The van der Waals surface area contributed by atoms with Gasteiger partial charge in [-0.3, -0.25) is 0 Å². The lowest BCUT2D eigenvalue weighted by atomic mass is 10.1. The highest BCUT2D eigenvalue weighted by atomic mass is 32.2. The fourth-order valence-corrected chi connectivity index (χ4v) is 3.61. The van der Waals surface area contributed by atoms with Crippen molar-refractivity contribution >= 4 is 10.0 Å². The number of nitrogens with zero attached hydrogens (tertiary/aromatic N) is 2. The maximum absolute atomic E-state index is 13.1. The van der Waals surface area contributed by atoms with Crippen LogP contribution in [0.5, 0.6) is 0 Å². The van der Waals surface area contributed by atoms with Crippen LogP contribution in [0.15, 0.2) is 53.1 Å². The van der Waals surface area contributed by atoms with Gasteiger partial charge in [0, 0.05) is 13.0 Å². The van der Waals surface area contributed by atoms with E-state index in [-0.39, 0.29) is 24.5 Å². The van der Waals surface area contributed by atoms with Gasteiger partial charge in [-0.1, -0.05) is 41.6 Å². The van der Waals surface area contributed by atoms with Crippen LogP contribution in [0.1, 0.15) is 28.4 Å². The lowest BCUT2D eigenvalue weighted by molar-refractivity contribution is -0.159. The van der Waals surface area contributed by atoms with Crippen LogP contribution in [0.2, 0.25) is 0 Å². The van der Waals surface area contributed by atoms with Crippen molar-refractivity contribution < 1.29 is 30.5 Å². The molecule has 1 N–H and O–H groups in total. The van der Waals surface area contributed by atoms with E-state index < -0.39 is 27.9 Å². The molecule has 2 aromatic carbocycles. The summed E-state index contributed by atoms with van der Waals surface area (Å²) >= 11 is 0. The molecule has 3 rings (SSSR count). The molecule has 154 valence electrons. The highest BCUT2D eigenvalue weighted by Crippen LogP contribution is 2.27. The predicted octanol–water partition coefficient (Wildman–Crippen LogP) is 3.44. The van der Waals surface area contributed by atoms with Gasteiger partial charge in [-0.05, 0) is 28.8 Å². The van der Waals surface area contributed by atoms with Crippen LogP contribution in [0.3, 0.4) is 0 Å². The number of nitrogens with one attached hydrogen (secondary N) is 1. The highest BCUT2D eigenvalue weighted by molar-refractivity contribution is 7.88. The number of aromatic nitrogens is 2. The first-order valence-electron chi connectivity index (χ1n) is 8.30. The summed E-state index contributed by atoms with van der Waals surface area (Å²) in [6.45, 7) is -0.0441. The van der Waals surface area contributed by atoms with Gasteiger partial charge in [0.25, 0.3) is 0 Å². The summed E-state index contributed by atoms with van der Waals surface area (Å²) in [5, 5.41) is 3.28. The molecule has 0 unspecified atom stereocenters. The van der Waals surface area contributed by atoms with Crippen LogP contribution in [0, 0.1) is 5.82 Å². The Morgan fingerprint density at radius 2 is 1.69 bits per heavy atom.